The quantitative estimate of drug-likeness (QED) is 0.564. The highest BCUT2D eigenvalue weighted by Crippen LogP contribution is 2.33. The zero-order valence-electron chi connectivity index (χ0n) is 13.3. The lowest BCUT2D eigenvalue weighted by Crippen LogP contribution is -2.15. The minimum Gasteiger partial charge on any atom is -0.0649 e. The fourth-order valence-corrected chi connectivity index (χ4v) is 2.34. The van der Waals surface area contributed by atoms with Crippen LogP contribution >= 0.6 is 0 Å². The Morgan fingerprint density at radius 2 is 1.17 bits per heavy atom. The Morgan fingerprint density at radius 1 is 0.778 bits per heavy atom. The Balaban J connectivity index is 0.000000321. The van der Waals surface area contributed by atoms with E-state index >= 15 is 0 Å². The normalized spacial score (nSPS) is 11.1. The molecule has 0 heteroatoms. The minimum atomic E-state index is 0.659. The van der Waals surface area contributed by atoms with E-state index < -0.39 is 0 Å². The number of hydrogen-bond donors (Lipinski definition) is 0. The molecule has 0 saturated carbocycles. The summed E-state index contributed by atoms with van der Waals surface area (Å²) in [4.78, 5) is 0. The Bertz CT molecular complexity index is 263. The maximum absolute atomic E-state index is 2.30. The molecular weight excluding hydrogens is 216 g/mol. The van der Waals surface area contributed by atoms with E-state index in [-0.39, 0.29) is 0 Å². The molecule has 0 atom stereocenters. The second-order valence-electron chi connectivity index (χ2n) is 5.48. The van der Waals surface area contributed by atoms with Crippen molar-refractivity contribution in [1.82, 2.24) is 0 Å². The van der Waals surface area contributed by atoms with Crippen LogP contribution in [0, 0.1) is 5.41 Å². The van der Waals surface area contributed by atoms with Crippen molar-refractivity contribution in [3.05, 3.63) is 35.9 Å². The average molecular weight is 248 g/mol. The standard InChI is InChI=1S/C9H12.C9H20/c1-8(2)9-6-4-3-5-7-9;1-5-9(6-2,7-3)8-4/h3-8H,1-2H3;5-8H2,1-4H3. The second kappa shape index (κ2) is 9.19. The first-order chi connectivity index (χ1) is 8.55. The van der Waals surface area contributed by atoms with Crippen LogP contribution in [0.2, 0.25) is 0 Å². The van der Waals surface area contributed by atoms with Crippen LogP contribution in [0.5, 0.6) is 0 Å². The van der Waals surface area contributed by atoms with Gasteiger partial charge in [-0.3, -0.25) is 0 Å². The van der Waals surface area contributed by atoms with Crippen LogP contribution in [-0.4, -0.2) is 0 Å². The topological polar surface area (TPSA) is 0 Å². The molecule has 0 aliphatic carbocycles. The zero-order valence-corrected chi connectivity index (χ0v) is 13.3. The van der Waals surface area contributed by atoms with Crippen molar-refractivity contribution in [3.63, 3.8) is 0 Å². The summed E-state index contributed by atoms with van der Waals surface area (Å²) in [5.74, 6) is 0.659. The molecule has 0 spiro atoms. The van der Waals surface area contributed by atoms with Gasteiger partial charge in [0.2, 0.25) is 0 Å². The smallest absolute Gasteiger partial charge is 0.0219 e. The van der Waals surface area contributed by atoms with Gasteiger partial charge in [0.05, 0.1) is 0 Å². The first-order valence-corrected chi connectivity index (χ1v) is 7.60. The molecule has 0 heterocycles. The fourth-order valence-electron chi connectivity index (χ4n) is 2.34. The molecule has 1 aromatic carbocycles. The molecule has 104 valence electrons. The summed E-state index contributed by atoms with van der Waals surface area (Å²) in [7, 11) is 0. The lowest BCUT2D eigenvalue weighted by Gasteiger charge is -2.28. The molecule has 0 nitrogen and oxygen atoms in total. The number of rotatable bonds is 5. The van der Waals surface area contributed by atoms with Crippen LogP contribution in [0.4, 0.5) is 0 Å². The summed E-state index contributed by atoms with van der Waals surface area (Å²) >= 11 is 0. The van der Waals surface area contributed by atoms with E-state index in [2.05, 4.69) is 65.8 Å². The van der Waals surface area contributed by atoms with Crippen molar-refractivity contribution < 1.29 is 0 Å². The van der Waals surface area contributed by atoms with Crippen LogP contribution in [-0.2, 0) is 0 Å². The van der Waals surface area contributed by atoms with Gasteiger partial charge >= 0.3 is 0 Å². The van der Waals surface area contributed by atoms with Crippen molar-refractivity contribution in [3.8, 4) is 0 Å². The van der Waals surface area contributed by atoms with Crippen LogP contribution in [0.3, 0.4) is 0 Å². The highest BCUT2D eigenvalue weighted by Gasteiger charge is 2.20. The highest BCUT2D eigenvalue weighted by atomic mass is 14.3. The van der Waals surface area contributed by atoms with E-state index in [1.54, 1.807) is 0 Å². The predicted octanol–water partition coefficient (Wildman–Crippen LogP) is 6.42. The van der Waals surface area contributed by atoms with Gasteiger partial charge in [-0.25, -0.2) is 0 Å². The van der Waals surface area contributed by atoms with Crippen LogP contribution in [0.1, 0.15) is 78.7 Å². The minimum absolute atomic E-state index is 0.659. The van der Waals surface area contributed by atoms with Crippen molar-refractivity contribution in [1.29, 1.82) is 0 Å². The Labute approximate surface area is 115 Å². The zero-order chi connectivity index (χ0) is 14.0. The molecule has 0 aliphatic rings. The maximum Gasteiger partial charge on any atom is -0.0219 e. The van der Waals surface area contributed by atoms with Gasteiger partial charge in [-0.1, -0.05) is 97.6 Å². The van der Waals surface area contributed by atoms with Crippen molar-refractivity contribution in [2.45, 2.75) is 73.1 Å². The van der Waals surface area contributed by atoms with Gasteiger partial charge in [0.25, 0.3) is 0 Å². The summed E-state index contributed by atoms with van der Waals surface area (Å²) in [6, 6.07) is 10.5. The van der Waals surface area contributed by atoms with Gasteiger partial charge in [0.15, 0.2) is 0 Å². The van der Waals surface area contributed by atoms with E-state index in [0.717, 1.165) is 0 Å². The maximum atomic E-state index is 2.30. The SMILES string of the molecule is CC(C)c1ccccc1.CCC(CC)(CC)CC. The molecular formula is C18H32. The fraction of sp³-hybridized carbons (Fsp3) is 0.667. The van der Waals surface area contributed by atoms with E-state index in [4.69, 9.17) is 0 Å². The van der Waals surface area contributed by atoms with E-state index in [1.165, 1.54) is 31.2 Å². The summed E-state index contributed by atoms with van der Waals surface area (Å²) in [5, 5.41) is 0. The third kappa shape index (κ3) is 5.71. The van der Waals surface area contributed by atoms with Crippen molar-refractivity contribution in [2.24, 2.45) is 5.41 Å². The first kappa shape index (κ1) is 17.2. The third-order valence-corrected chi connectivity index (χ3v) is 4.47. The van der Waals surface area contributed by atoms with Gasteiger partial charge < -0.3 is 0 Å². The second-order valence-corrected chi connectivity index (χ2v) is 5.48. The molecule has 0 radical (unpaired) electrons. The molecule has 0 fully saturated rings. The van der Waals surface area contributed by atoms with Gasteiger partial charge in [-0.15, -0.1) is 0 Å². The number of hydrogen-bond acceptors (Lipinski definition) is 0. The third-order valence-electron chi connectivity index (χ3n) is 4.47. The monoisotopic (exact) mass is 248 g/mol. The average Bonchev–Trinajstić information content (AvgIpc) is 2.44. The first-order valence-electron chi connectivity index (χ1n) is 7.60. The van der Waals surface area contributed by atoms with Crippen LogP contribution in [0.25, 0.3) is 0 Å². The molecule has 0 aliphatic heterocycles. The Morgan fingerprint density at radius 3 is 1.33 bits per heavy atom. The van der Waals surface area contributed by atoms with Crippen molar-refractivity contribution in [2.75, 3.05) is 0 Å². The largest absolute Gasteiger partial charge is 0.0649 e. The van der Waals surface area contributed by atoms with Gasteiger partial charge in [-0.2, -0.15) is 0 Å². The van der Waals surface area contributed by atoms with E-state index in [1.807, 2.05) is 6.07 Å². The molecule has 1 rings (SSSR count). The molecule has 0 amide bonds. The lowest BCUT2D eigenvalue weighted by molar-refractivity contribution is 0.240. The van der Waals surface area contributed by atoms with E-state index in [0.29, 0.717) is 11.3 Å². The Kier molecular flexibility index (Phi) is 8.79. The Hall–Kier alpha value is -0.780. The van der Waals surface area contributed by atoms with E-state index in [9.17, 15) is 0 Å². The molecule has 0 saturated heterocycles. The summed E-state index contributed by atoms with van der Waals surface area (Å²) < 4.78 is 0. The molecule has 0 unspecified atom stereocenters. The van der Waals surface area contributed by atoms with Crippen molar-refractivity contribution >= 4 is 0 Å². The van der Waals surface area contributed by atoms with Crippen LogP contribution < -0.4 is 0 Å². The molecule has 0 N–H and O–H groups in total. The molecule has 0 bridgehead atoms. The number of benzene rings is 1. The molecule has 1 aromatic rings. The summed E-state index contributed by atoms with van der Waals surface area (Å²) in [5.41, 5.74) is 2.08. The molecule has 18 heavy (non-hydrogen) atoms. The molecule has 0 aromatic heterocycles. The summed E-state index contributed by atoms with van der Waals surface area (Å²) in [6.07, 6.45) is 5.38. The van der Waals surface area contributed by atoms with Gasteiger partial charge in [-0.05, 0) is 16.9 Å². The summed E-state index contributed by atoms with van der Waals surface area (Å²) in [6.45, 7) is 13.6. The van der Waals surface area contributed by atoms with Crippen LogP contribution in [0.15, 0.2) is 30.3 Å². The lowest BCUT2D eigenvalue weighted by atomic mass is 9.78. The van der Waals surface area contributed by atoms with Gasteiger partial charge in [0, 0.05) is 0 Å². The predicted molar refractivity (Wildman–Crippen MR) is 84.1 cm³/mol. The van der Waals surface area contributed by atoms with Gasteiger partial charge in [0.1, 0.15) is 0 Å². The highest BCUT2D eigenvalue weighted by molar-refractivity contribution is 5.17.